The molecule has 0 aliphatic rings. The lowest BCUT2D eigenvalue weighted by Gasteiger charge is -1.91. The van der Waals surface area contributed by atoms with Crippen LogP contribution in [0.1, 0.15) is 26.2 Å². The number of rotatable bonds is 4. The van der Waals surface area contributed by atoms with Gasteiger partial charge < -0.3 is 4.84 Å². The lowest BCUT2D eigenvalue weighted by molar-refractivity contribution is -0.143. The van der Waals surface area contributed by atoms with Gasteiger partial charge in [-0.05, 0) is 6.42 Å². The van der Waals surface area contributed by atoms with E-state index in [1.165, 1.54) is 0 Å². The van der Waals surface area contributed by atoms with Crippen molar-refractivity contribution in [3.8, 4) is 0 Å². The Hall–Kier alpha value is -1.15. The summed E-state index contributed by atoms with van der Waals surface area (Å²) in [6.45, 7) is 1.95. The summed E-state index contributed by atoms with van der Waals surface area (Å²) in [6, 6.07) is 0. The number of isocyanates is 1. The molecule has 0 unspecified atom stereocenters. The average molecular weight is 143 g/mol. The first kappa shape index (κ1) is 8.85. The molecule has 56 valence electrons. The van der Waals surface area contributed by atoms with Gasteiger partial charge in [0.1, 0.15) is 0 Å². The van der Waals surface area contributed by atoms with E-state index in [9.17, 15) is 9.59 Å². The highest BCUT2D eigenvalue weighted by Crippen LogP contribution is 1.95. The highest BCUT2D eigenvalue weighted by molar-refractivity contribution is 5.69. The van der Waals surface area contributed by atoms with Crippen molar-refractivity contribution in [3.05, 3.63) is 0 Å². The second-order valence-electron chi connectivity index (χ2n) is 1.75. The molecule has 0 heterocycles. The summed E-state index contributed by atoms with van der Waals surface area (Å²) in [7, 11) is 0. The highest BCUT2D eigenvalue weighted by atomic mass is 16.7. The van der Waals surface area contributed by atoms with Crippen LogP contribution in [0.5, 0.6) is 0 Å². The lowest BCUT2D eigenvalue weighted by atomic mass is 10.3. The first-order valence-corrected chi connectivity index (χ1v) is 3.08. The number of hydrogen-bond acceptors (Lipinski definition) is 4. The van der Waals surface area contributed by atoms with Crippen LogP contribution < -0.4 is 0 Å². The minimum atomic E-state index is -0.481. The van der Waals surface area contributed by atoms with Gasteiger partial charge >= 0.3 is 5.97 Å². The van der Waals surface area contributed by atoms with E-state index in [2.05, 4.69) is 9.99 Å². The number of nitrogens with zero attached hydrogens (tertiary/aromatic N) is 1. The van der Waals surface area contributed by atoms with E-state index in [0.29, 0.717) is 6.42 Å². The molecule has 4 heteroatoms. The molecule has 0 aromatic rings. The molecule has 0 aromatic carbocycles. The van der Waals surface area contributed by atoms with Crippen LogP contribution in [0.2, 0.25) is 0 Å². The van der Waals surface area contributed by atoms with Gasteiger partial charge in [0.25, 0.3) is 6.08 Å². The largest absolute Gasteiger partial charge is 0.336 e. The fourth-order valence-electron chi connectivity index (χ4n) is 0.436. The quantitative estimate of drug-likeness (QED) is 0.255. The normalized spacial score (nSPS) is 8.10. The number of carbonyl (C=O) groups excluding carboxylic acids is 2. The maximum atomic E-state index is 10.5. The molecule has 0 radical (unpaired) electrons. The predicted molar refractivity (Wildman–Crippen MR) is 33.7 cm³/mol. The maximum Gasteiger partial charge on any atom is 0.336 e. The molecule has 0 aromatic heterocycles. The monoisotopic (exact) mass is 143 g/mol. The molecule has 0 fully saturated rings. The van der Waals surface area contributed by atoms with Crippen molar-refractivity contribution in [1.82, 2.24) is 0 Å². The van der Waals surface area contributed by atoms with Gasteiger partial charge in [-0.15, -0.1) is 0 Å². The molecular formula is C6H9NO3. The van der Waals surface area contributed by atoms with Gasteiger partial charge in [-0.2, -0.15) is 0 Å². The van der Waals surface area contributed by atoms with Crippen LogP contribution in [-0.2, 0) is 14.4 Å². The zero-order chi connectivity index (χ0) is 7.82. The third-order valence-corrected chi connectivity index (χ3v) is 0.919. The lowest BCUT2D eigenvalue weighted by Crippen LogP contribution is -1.97. The molecule has 10 heavy (non-hydrogen) atoms. The van der Waals surface area contributed by atoms with Crippen LogP contribution in [0.3, 0.4) is 0 Å². The van der Waals surface area contributed by atoms with E-state index in [1.807, 2.05) is 6.92 Å². The van der Waals surface area contributed by atoms with Gasteiger partial charge in [0.15, 0.2) is 0 Å². The fraction of sp³-hybridized carbons (Fsp3) is 0.667. The molecule has 0 aliphatic carbocycles. The summed E-state index contributed by atoms with van der Waals surface area (Å²) >= 11 is 0. The summed E-state index contributed by atoms with van der Waals surface area (Å²) in [4.78, 5) is 23.9. The van der Waals surface area contributed by atoms with Crippen LogP contribution in [0, 0.1) is 0 Å². The van der Waals surface area contributed by atoms with Gasteiger partial charge in [-0.25, -0.2) is 9.59 Å². The molecule has 0 rings (SSSR count). The van der Waals surface area contributed by atoms with Gasteiger partial charge in [-0.1, -0.05) is 13.3 Å². The summed E-state index contributed by atoms with van der Waals surface area (Å²) in [5.41, 5.74) is 0. The van der Waals surface area contributed by atoms with Crippen molar-refractivity contribution >= 4 is 12.0 Å². The Morgan fingerprint density at radius 2 is 2.40 bits per heavy atom. The van der Waals surface area contributed by atoms with E-state index >= 15 is 0 Å². The molecule has 0 atom stereocenters. The van der Waals surface area contributed by atoms with E-state index < -0.39 is 5.97 Å². The second kappa shape index (κ2) is 5.98. The minimum Gasteiger partial charge on any atom is -0.307 e. The predicted octanol–water partition coefficient (Wildman–Crippen LogP) is 0.971. The molecule has 0 saturated carbocycles. The fourth-order valence-corrected chi connectivity index (χ4v) is 0.436. The van der Waals surface area contributed by atoms with Crippen LogP contribution >= 0.6 is 0 Å². The van der Waals surface area contributed by atoms with Crippen molar-refractivity contribution in [3.63, 3.8) is 0 Å². The highest BCUT2D eigenvalue weighted by Gasteiger charge is 1.99. The smallest absolute Gasteiger partial charge is 0.307 e. The molecule has 0 N–H and O–H groups in total. The standard InChI is InChI=1S/C6H9NO3/c1-2-3-4-6(9)10-7-5-8/h2-4H2,1H3. The number of unbranched alkanes of at least 4 members (excludes halogenated alkanes) is 1. The van der Waals surface area contributed by atoms with Crippen molar-refractivity contribution < 1.29 is 14.4 Å². The Morgan fingerprint density at radius 3 is 2.90 bits per heavy atom. The van der Waals surface area contributed by atoms with E-state index in [1.54, 1.807) is 0 Å². The number of hydrogen-bond donors (Lipinski definition) is 0. The first-order valence-electron chi connectivity index (χ1n) is 3.08. The third-order valence-electron chi connectivity index (χ3n) is 0.919. The molecule has 0 aliphatic heterocycles. The molecular weight excluding hydrogens is 134 g/mol. The van der Waals surface area contributed by atoms with Crippen molar-refractivity contribution in [2.75, 3.05) is 0 Å². The van der Waals surface area contributed by atoms with Gasteiger partial charge in [-0.3, -0.25) is 0 Å². The Labute approximate surface area is 58.8 Å². The maximum absolute atomic E-state index is 10.5. The molecule has 0 saturated heterocycles. The molecule has 0 spiro atoms. The van der Waals surface area contributed by atoms with Gasteiger partial charge in [0, 0.05) is 11.6 Å². The van der Waals surface area contributed by atoms with Crippen molar-refractivity contribution in [2.24, 2.45) is 5.16 Å². The van der Waals surface area contributed by atoms with E-state index in [0.717, 1.165) is 18.9 Å². The van der Waals surface area contributed by atoms with Gasteiger partial charge in [0.05, 0.1) is 0 Å². The summed E-state index contributed by atoms with van der Waals surface area (Å²) in [5.74, 6) is -0.481. The summed E-state index contributed by atoms with van der Waals surface area (Å²) in [5, 5.41) is 2.67. The van der Waals surface area contributed by atoms with Crippen molar-refractivity contribution in [1.29, 1.82) is 0 Å². The van der Waals surface area contributed by atoms with Crippen LogP contribution in [0.4, 0.5) is 0 Å². The second-order valence-corrected chi connectivity index (χ2v) is 1.75. The van der Waals surface area contributed by atoms with Gasteiger partial charge in [0.2, 0.25) is 0 Å². The summed E-state index contributed by atoms with van der Waals surface area (Å²) < 4.78 is 0. The average Bonchev–Trinajstić information content (AvgIpc) is 1.97. The zero-order valence-corrected chi connectivity index (χ0v) is 5.79. The summed E-state index contributed by atoms with van der Waals surface area (Å²) in [6.07, 6.45) is 3.09. The Kier molecular flexibility index (Phi) is 5.29. The number of carbonyl (C=O) groups is 1. The topological polar surface area (TPSA) is 55.7 Å². The molecule has 0 bridgehead atoms. The van der Waals surface area contributed by atoms with Crippen LogP contribution in [0.25, 0.3) is 0 Å². The Morgan fingerprint density at radius 1 is 1.70 bits per heavy atom. The van der Waals surface area contributed by atoms with Crippen LogP contribution in [0.15, 0.2) is 5.16 Å². The molecule has 4 nitrogen and oxygen atoms in total. The first-order chi connectivity index (χ1) is 4.81. The SMILES string of the molecule is CCCCC(=O)ON=C=O. The van der Waals surface area contributed by atoms with E-state index in [-0.39, 0.29) is 0 Å². The Bertz CT molecular complexity index is 149. The third kappa shape index (κ3) is 5.00. The van der Waals surface area contributed by atoms with Crippen molar-refractivity contribution in [2.45, 2.75) is 26.2 Å². The van der Waals surface area contributed by atoms with E-state index in [4.69, 9.17) is 0 Å². The minimum absolute atomic E-state index is 0.307. The zero-order valence-electron chi connectivity index (χ0n) is 5.79. The van der Waals surface area contributed by atoms with Crippen LogP contribution in [-0.4, -0.2) is 12.0 Å². The Balaban J connectivity index is 3.34. The molecule has 0 amide bonds.